The van der Waals surface area contributed by atoms with Crippen molar-refractivity contribution in [2.45, 2.75) is 45.6 Å². The molecule has 0 spiro atoms. The lowest BCUT2D eigenvalue weighted by atomic mass is 10.0. The molecule has 0 bridgehead atoms. The molecule has 0 aliphatic carbocycles. The number of nitrogens with zero attached hydrogens (tertiary/aromatic N) is 3. The summed E-state index contributed by atoms with van der Waals surface area (Å²) >= 11 is 0. The number of likely N-dealkylation sites (tertiary alicyclic amines) is 1. The molecule has 7 heteroatoms. The molecule has 1 rings (SSSR count). The van der Waals surface area contributed by atoms with Gasteiger partial charge in [-0.1, -0.05) is 13.3 Å². The number of piperidine rings is 1. The van der Waals surface area contributed by atoms with Crippen LogP contribution in [0.2, 0.25) is 0 Å². The molecule has 136 valence electrons. The molecule has 6 nitrogen and oxygen atoms in total. The summed E-state index contributed by atoms with van der Waals surface area (Å²) in [6.45, 7) is 8.78. The molecule has 2 N–H and O–H groups in total. The number of carbonyl (C=O) groups is 1. The number of hydrogen-bond acceptors (Lipinski definition) is 3. The number of halogens is 1. The fourth-order valence-electron chi connectivity index (χ4n) is 2.48. The van der Waals surface area contributed by atoms with Gasteiger partial charge in [-0.2, -0.15) is 0 Å². The van der Waals surface area contributed by atoms with Gasteiger partial charge < -0.3 is 20.4 Å². The average Bonchev–Trinajstić information content (AvgIpc) is 2.51. The first-order valence-electron chi connectivity index (χ1n) is 8.54. The fourth-order valence-corrected chi connectivity index (χ4v) is 2.48. The zero-order chi connectivity index (χ0) is 16.4. The van der Waals surface area contributed by atoms with Gasteiger partial charge in [0.2, 0.25) is 5.91 Å². The third-order valence-corrected chi connectivity index (χ3v) is 3.97. The van der Waals surface area contributed by atoms with E-state index in [1.807, 2.05) is 6.92 Å². The third-order valence-electron chi connectivity index (χ3n) is 3.97. The van der Waals surface area contributed by atoms with Crippen LogP contribution in [0.15, 0.2) is 4.99 Å². The number of nitrogens with one attached hydrogen (secondary N) is 2. The molecular weight excluding hydrogens is 405 g/mol. The Hall–Kier alpha value is -0.570. The van der Waals surface area contributed by atoms with E-state index >= 15 is 0 Å². The Balaban J connectivity index is 0.00000484. The van der Waals surface area contributed by atoms with Crippen LogP contribution in [0.3, 0.4) is 0 Å². The molecule has 0 saturated carbocycles. The standard InChI is InChI=1S/C16H33N5O.HI/c1-5-7-10-21-11-8-14(9-12-21)19-16(17-6-2)18-13-15(22)20(3)4;/h14H,5-13H2,1-4H3,(H2,17,18,19);1H. The van der Waals surface area contributed by atoms with Gasteiger partial charge in [-0.15, -0.1) is 24.0 Å². The van der Waals surface area contributed by atoms with Crippen LogP contribution in [-0.4, -0.2) is 74.5 Å². The van der Waals surface area contributed by atoms with E-state index in [1.165, 1.54) is 19.4 Å². The lowest BCUT2D eigenvalue weighted by molar-refractivity contribution is -0.127. The van der Waals surface area contributed by atoms with E-state index in [9.17, 15) is 4.79 Å². The minimum atomic E-state index is 0. The molecule has 1 aliphatic rings. The monoisotopic (exact) mass is 439 g/mol. The van der Waals surface area contributed by atoms with Crippen molar-refractivity contribution in [3.8, 4) is 0 Å². The van der Waals surface area contributed by atoms with E-state index in [0.29, 0.717) is 6.04 Å². The number of likely N-dealkylation sites (N-methyl/N-ethyl adjacent to an activating group) is 1. The van der Waals surface area contributed by atoms with Crippen molar-refractivity contribution in [3.63, 3.8) is 0 Å². The molecule has 23 heavy (non-hydrogen) atoms. The van der Waals surface area contributed by atoms with Crippen LogP contribution >= 0.6 is 24.0 Å². The summed E-state index contributed by atoms with van der Waals surface area (Å²) in [7, 11) is 3.51. The van der Waals surface area contributed by atoms with Gasteiger partial charge >= 0.3 is 0 Å². The van der Waals surface area contributed by atoms with Crippen LogP contribution in [0.25, 0.3) is 0 Å². The molecule has 0 radical (unpaired) electrons. The molecule has 1 amide bonds. The fraction of sp³-hybridized carbons (Fsp3) is 0.875. The molecule has 0 aromatic heterocycles. The van der Waals surface area contributed by atoms with Gasteiger partial charge in [0, 0.05) is 39.8 Å². The second kappa shape index (κ2) is 12.8. The molecule has 0 aromatic carbocycles. The zero-order valence-electron chi connectivity index (χ0n) is 15.1. The Morgan fingerprint density at radius 1 is 1.26 bits per heavy atom. The topological polar surface area (TPSA) is 60.0 Å². The Morgan fingerprint density at radius 3 is 2.43 bits per heavy atom. The molecule has 0 aromatic rings. The lowest BCUT2D eigenvalue weighted by Crippen LogP contribution is -2.49. The molecule has 1 fully saturated rings. The van der Waals surface area contributed by atoms with Gasteiger partial charge in [-0.05, 0) is 32.7 Å². The highest BCUT2D eigenvalue weighted by molar-refractivity contribution is 14.0. The predicted octanol–water partition coefficient (Wildman–Crippen LogP) is 1.51. The van der Waals surface area contributed by atoms with E-state index in [4.69, 9.17) is 0 Å². The Kier molecular flexibility index (Phi) is 12.5. The van der Waals surface area contributed by atoms with Crippen molar-refractivity contribution in [3.05, 3.63) is 0 Å². The highest BCUT2D eigenvalue weighted by Crippen LogP contribution is 2.11. The van der Waals surface area contributed by atoms with Crippen molar-refractivity contribution in [1.29, 1.82) is 0 Å². The maximum Gasteiger partial charge on any atom is 0.243 e. The lowest BCUT2D eigenvalue weighted by Gasteiger charge is -2.33. The average molecular weight is 439 g/mol. The molecular formula is C16H34IN5O. The summed E-state index contributed by atoms with van der Waals surface area (Å²) in [6.07, 6.45) is 4.82. The minimum absolute atomic E-state index is 0. The van der Waals surface area contributed by atoms with Crippen molar-refractivity contribution < 1.29 is 4.79 Å². The van der Waals surface area contributed by atoms with Crippen LogP contribution in [0, 0.1) is 0 Å². The molecule has 1 aliphatic heterocycles. The Bertz CT molecular complexity index is 354. The quantitative estimate of drug-likeness (QED) is 0.359. The number of guanidine groups is 1. The second-order valence-corrected chi connectivity index (χ2v) is 6.10. The van der Waals surface area contributed by atoms with Crippen molar-refractivity contribution in [2.24, 2.45) is 4.99 Å². The number of aliphatic imine (C=N–C) groups is 1. The Labute approximate surface area is 158 Å². The largest absolute Gasteiger partial charge is 0.357 e. The van der Waals surface area contributed by atoms with Gasteiger partial charge in [0.15, 0.2) is 5.96 Å². The van der Waals surface area contributed by atoms with E-state index in [0.717, 1.165) is 38.4 Å². The summed E-state index contributed by atoms with van der Waals surface area (Å²) in [5, 5.41) is 6.69. The minimum Gasteiger partial charge on any atom is -0.357 e. The maximum atomic E-state index is 11.6. The van der Waals surface area contributed by atoms with Gasteiger partial charge in [0.05, 0.1) is 0 Å². The van der Waals surface area contributed by atoms with Crippen LogP contribution < -0.4 is 10.6 Å². The van der Waals surface area contributed by atoms with E-state index in [-0.39, 0.29) is 36.4 Å². The Morgan fingerprint density at radius 2 is 1.91 bits per heavy atom. The smallest absolute Gasteiger partial charge is 0.243 e. The molecule has 1 saturated heterocycles. The van der Waals surface area contributed by atoms with Crippen molar-refractivity contribution in [2.75, 3.05) is 46.8 Å². The van der Waals surface area contributed by atoms with Gasteiger partial charge in [0.1, 0.15) is 6.54 Å². The normalized spacial score (nSPS) is 16.6. The maximum absolute atomic E-state index is 11.6. The van der Waals surface area contributed by atoms with Gasteiger partial charge in [-0.25, -0.2) is 4.99 Å². The highest BCUT2D eigenvalue weighted by Gasteiger charge is 2.19. The van der Waals surface area contributed by atoms with Crippen LogP contribution in [0.4, 0.5) is 0 Å². The summed E-state index contributed by atoms with van der Waals surface area (Å²) in [5.41, 5.74) is 0. The van der Waals surface area contributed by atoms with Gasteiger partial charge in [0.25, 0.3) is 0 Å². The first kappa shape index (κ1) is 22.4. The zero-order valence-corrected chi connectivity index (χ0v) is 17.4. The SMILES string of the molecule is CCCCN1CCC(NC(=NCC(=O)N(C)C)NCC)CC1.I. The first-order chi connectivity index (χ1) is 10.6. The highest BCUT2D eigenvalue weighted by atomic mass is 127. The second-order valence-electron chi connectivity index (χ2n) is 6.10. The number of carbonyl (C=O) groups excluding carboxylic acids is 1. The van der Waals surface area contributed by atoms with E-state index in [2.05, 4.69) is 27.4 Å². The number of unbranched alkanes of at least 4 members (excludes halogenated alkanes) is 1. The van der Waals surface area contributed by atoms with Crippen LogP contribution in [0.5, 0.6) is 0 Å². The van der Waals surface area contributed by atoms with Crippen LogP contribution in [-0.2, 0) is 4.79 Å². The number of rotatable bonds is 7. The van der Waals surface area contributed by atoms with E-state index in [1.54, 1.807) is 19.0 Å². The summed E-state index contributed by atoms with van der Waals surface area (Å²) in [4.78, 5) is 20.1. The molecule has 0 atom stereocenters. The summed E-state index contributed by atoms with van der Waals surface area (Å²) in [5.74, 6) is 0.774. The van der Waals surface area contributed by atoms with E-state index < -0.39 is 0 Å². The van der Waals surface area contributed by atoms with Gasteiger partial charge in [-0.3, -0.25) is 4.79 Å². The summed E-state index contributed by atoms with van der Waals surface area (Å²) in [6, 6.07) is 0.449. The third kappa shape index (κ3) is 9.34. The van der Waals surface area contributed by atoms with Crippen molar-refractivity contribution >= 4 is 35.8 Å². The molecule has 1 heterocycles. The number of amides is 1. The number of hydrogen-bond donors (Lipinski definition) is 2. The summed E-state index contributed by atoms with van der Waals surface area (Å²) < 4.78 is 0. The molecule has 0 unspecified atom stereocenters. The first-order valence-corrected chi connectivity index (χ1v) is 8.54. The van der Waals surface area contributed by atoms with Crippen LogP contribution in [0.1, 0.15) is 39.5 Å². The van der Waals surface area contributed by atoms with Crippen molar-refractivity contribution in [1.82, 2.24) is 20.4 Å². The predicted molar refractivity (Wildman–Crippen MR) is 108 cm³/mol.